The predicted molar refractivity (Wildman–Crippen MR) is 120 cm³/mol. The summed E-state index contributed by atoms with van der Waals surface area (Å²) in [5.74, 6) is -1.46. The number of benzene rings is 1. The number of rotatable bonds is 6. The minimum Gasteiger partial charge on any atom is -0.446 e. The molecular weight excluding hydrogens is 412 g/mol. The standard InChI is InChI=1S/C23H34N2O5Si/c1-14(19-18(20(26)24-19)15(2)30-31(6,7)23(3,4)5)21(27)25-17(13-29-22(25)28)16-11-9-8-10-12-16/h8-12,14-15,17-19H,13H2,1-7H3,(H,24,26)/t14-,15-,17-,18-,19-/m1/s1. The summed E-state index contributed by atoms with van der Waals surface area (Å²) in [7, 11) is -2.08. The minimum atomic E-state index is -2.08. The van der Waals surface area contributed by atoms with E-state index < -0.39 is 32.3 Å². The van der Waals surface area contributed by atoms with Gasteiger partial charge in [-0.1, -0.05) is 58.0 Å². The lowest BCUT2D eigenvalue weighted by atomic mass is 9.78. The monoisotopic (exact) mass is 446 g/mol. The van der Waals surface area contributed by atoms with Crippen molar-refractivity contribution < 1.29 is 23.5 Å². The number of cyclic esters (lactones) is 1. The van der Waals surface area contributed by atoms with Crippen LogP contribution in [0.25, 0.3) is 0 Å². The fraction of sp³-hybridized carbons (Fsp3) is 0.609. The van der Waals surface area contributed by atoms with Gasteiger partial charge in [-0.2, -0.15) is 0 Å². The first-order valence-electron chi connectivity index (χ1n) is 10.9. The fourth-order valence-electron chi connectivity index (χ4n) is 4.03. The molecule has 31 heavy (non-hydrogen) atoms. The molecule has 2 heterocycles. The molecule has 8 heteroatoms. The van der Waals surface area contributed by atoms with Crippen LogP contribution in [0.1, 0.15) is 46.2 Å². The summed E-state index contributed by atoms with van der Waals surface area (Å²) in [6.45, 7) is 14.5. The molecule has 2 saturated heterocycles. The van der Waals surface area contributed by atoms with Gasteiger partial charge in [-0.3, -0.25) is 9.59 Å². The topological polar surface area (TPSA) is 84.9 Å². The van der Waals surface area contributed by atoms with E-state index in [-0.39, 0.29) is 35.6 Å². The van der Waals surface area contributed by atoms with Crippen molar-refractivity contribution in [1.29, 1.82) is 0 Å². The number of nitrogens with zero attached hydrogens (tertiary/aromatic N) is 1. The molecule has 0 spiro atoms. The summed E-state index contributed by atoms with van der Waals surface area (Å²) in [6.07, 6.45) is -0.955. The van der Waals surface area contributed by atoms with E-state index in [4.69, 9.17) is 9.16 Å². The molecule has 5 atom stereocenters. The lowest BCUT2D eigenvalue weighted by Gasteiger charge is -2.47. The molecule has 1 aromatic rings. The van der Waals surface area contributed by atoms with Gasteiger partial charge in [0.1, 0.15) is 12.6 Å². The van der Waals surface area contributed by atoms with E-state index >= 15 is 0 Å². The molecule has 0 aromatic heterocycles. The molecule has 1 aromatic carbocycles. The SMILES string of the molecule is C[C@@H](O[Si](C)(C)C(C)(C)C)[C@H]1C(=O)N[C@@H]1[C@@H](C)C(=O)N1C(=O)OC[C@@H]1c1ccccc1. The maximum Gasteiger partial charge on any atom is 0.417 e. The van der Waals surface area contributed by atoms with Gasteiger partial charge >= 0.3 is 6.09 Å². The Morgan fingerprint density at radius 3 is 2.35 bits per heavy atom. The number of hydrogen-bond donors (Lipinski definition) is 1. The van der Waals surface area contributed by atoms with Crippen LogP contribution in [0, 0.1) is 11.8 Å². The Bertz CT molecular complexity index is 851. The number of carbonyl (C=O) groups is 3. The first kappa shape index (κ1) is 23.5. The van der Waals surface area contributed by atoms with Crippen molar-refractivity contribution in [2.24, 2.45) is 11.8 Å². The third kappa shape index (κ3) is 4.41. The van der Waals surface area contributed by atoms with Crippen molar-refractivity contribution in [2.75, 3.05) is 6.61 Å². The second-order valence-electron chi connectivity index (χ2n) is 10.1. The highest BCUT2D eigenvalue weighted by molar-refractivity contribution is 6.74. The molecule has 170 valence electrons. The van der Waals surface area contributed by atoms with Crippen LogP contribution in [-0.2, 0) is 18.8 Å². The Kier molecular flexibility index (Phi) is 6.35. The highest BCUT2D eigenvalue weighted by Gasteiger charge is 2.52. The second-order valence-corrected chi connectivity index (χ2v) is 14.9. The summed E-state index contributed by atoms with van der Waals surface area (Å²) in [6, 6.07) is 8.52. The van der Waals surface area contributed by atoms with Crippen LogP contribution in [0.5, 0.6) is 0 Å². The van der Waals surface area contributed by atoms with Crippen LogP contribution in [-0.4, -0.2) is 49.9 Å². The highest BCUT2D eigenvalue weighted by Crippen LogP contribution is 2.40. The molecule has 7 nitrogen and oxygen atoms in total. The number of nitrogens with one attached hydrogen (secondary N) is 1. The van der Waals surface area contributed by atoms with E-state index in [0.29, 0.717) is 0 Å². The van der Waals surface area contributed by atoms with Crippen LogP contribution < -0.4 is 5.32 Å². The van der Waals surface area contributed by atoms with Gasteiger partial charge in [-0.05, 0) is 30.6 Å². The van der Waals surface area contributed by atoms with Crippen LogP contribution in [0.3, 0.4) is 0 Å². The first-order chi connectivity index (χ1) is 14.3. The average molecular weight is 447 g/mol. The molecule has 0 radical (unpaired) electrons. The summed E-state index contributed by atoms with van der Waals surface area (Å²) in [5.41, 5.74) is 0.845. The van der Waals surface area contributed by atoms with Gasteiger partial charge < -0.3 is 14.5 Å². The second kappa shape index (κ2) is 8.39. The number of hydrogen-bond acceptors (Lipinski definition) is 5. The van der Waals surface area contributed by atoms with Crippen LogP contribution in [0.2, 0.25) is 18.1 Å². The van der Waals surface area contributed by atoms with Gasteiger partial charge in [-0.25, -0.2) is 9.69 Å². The summed E-state index contributed by atoms with van der Waals surface area (Å²) in [5, 5.41) is 2.88. The first-order valence-corrected chi connectivity index (χ1v) is 13.8. The maximum atomic E-state index is 13.3. The molecule has 2 aliphatic rings. The largest absolute Gasteiger partial charge is 0.446 e. The number of imide groups is 1. The molecule has 0 saturated carbocycles. The Morgan fingerprint density at radius 2 is 1.81 bits per heavy atom. The Balaban J connectivity index is 1.75. The molecule has 0 unspecified atom stereocenters. The van der Waals surface area contributed by atoms with Crippen molar-refractivity contribution in [2.45, 2.75) is 70.9 Å². The fourth-order valence-corrected chi connectivity index (χ4v) is 5.46. The highest BCUT2D eigenvalue weighted by atomic mass is 28.4. The normalized spacial score (nSPS) is 26.0. The Labute approximate surface area is 185 Å². The van der Waals surface area contributed by atoms with E-state index in [9.17, 15) is 14.4 Å². The lowest BCUT2D eigenvalue weighted by molar-refractivity contribution is -0.147. The van der Waals surface area contributed by atoms with Crippen molar-refractivity contribution in [3.05, 3.63) is 35.9 Å². The van der Waals surface area contributed by atoms with Gasteiger partial charge in [0, 0.05) is 0 Å². The van der Waals surface area contributed by atoms with Gasteiger partial charge in [0.15, 0.2) is 8.32 Å². The van der Waals surface area contributed by atoms with E-state index in [2.05, 4.69) is 39.2 Å². The van der Waals surface area contributed by atoms with E-state index in [1.54, 1.807) is 6.92 Å². The van der Waals surface area contributed by atoms with Gasteiger partial charge in [0.25, 0.3) is 0 Å². The molecule has 1 N–H and O–H groups in total. The Hall–Kier alpha value is -2.19. The Morgan fingerprint density at radius 1 is 1.19 bits per heavy atom. The number of ether oxygens (including phenoxy) is 1. The van der Waals surface area contributed by atoms with E-state index in [1.807, 2.05) is 37.3 Å². The third-order valence-electron chi connectivity index (χ3n) is 7.01. The smallest absolute Gasteiger partial charge is 0.417 e. The van der Waals surface area contributed by atoms with Crippen molar-refractivity contribution in [3.8, 4) is 0 Å². The quantitative estimate of drug-likeness (QED) is 0.530. The third-order valence-corrected chi connectivity index (χ3v) is 11.6. The summed E-state index contributed by atoms with van der Waals surface area (Å²) < 4.78 is 11.6. The molecule has 0 bridgehead atoms. The van der Waals surface area contributed by atoms with Gasteiger partial charge in [0.2, 0.25) is 11.8 Å². The van der Waals surface area contributed by atoms with Crippen molar-refractivity contribution >= 4 is 26.2 Å². The van der Waals surface area contributed by atoms with Crippen LogP contribution in [0.15, 0.2) is 30.3 Å². The molecule has 0 aliphatic carbocycles. The van der Waals surface area contributed by atoms with Crippen molar-refractivity contribution in [3.63, 3.8) is 0 Å². The van der Waals surface area contributed by atoms with E-state index in [0.717, 1.165) is 5.56 Å². The zero-order valence-electron chi connectivity index (χ0n) is 19.5. The molecule has 3 amide bonds. The zero-order chi connectivity index (χ0) is 23.1. The lowest BCUT2D eigenvalue weighted by Crippen LogP contribution is -2.67. The number of carbonyl (C=O) groups excluding carboxylic acids is 3. The van der Waals surface area contributed by atoms with Gasteiger partial charge in [0.05, 0.1) is 24.0 Å². The minimum absolute atomic E-state index is 0.0145. The molecule has 3 rings (SSSR count). The zero-order valence-corrected chi connectivity index (χ0v) is 20.5. The van der Waals surface area contributed by atoms with Crippen LogP contribution >= 0.6 is 0 Å². The average Bonchev–Trinajstić information content (AvgIpc) is 3.05. The number of amides is 3. The van der Waals surface area contributed by atoms with Crippen molar-refractivity contribution in [1.82, 2.24) is 10.2 Å². The molecule has 2 fully saturated rings. The maximum absolute atomic E-state index is 13.3. The van der Waals surface area contributed by atoms with Gasteiger partial charge in [-0.15, -0.1) is 0 Å². The molecular formula is C23H34N2O5Si. The number of β-lactam (4-membered cyclic amide) rings is 1. The summed E-state index contributed by atoms with van der Waals surface area (Å²) >= 11 is 0. The van der Waals surface area contributed by atoms with E-state index in [1.165, 1.54) is 4.90 Å². The van der Waals surface area contributed by atoms with Crippen LogP contribution in [0.4, 0.5) is 4.79 Å². The predicted octanol–water partition coefficient (Wildman–Crippen LogP) is 3.87. The molecule has 2 aliphatic heterocycles. The summed E-state index contributed by atoms with van der Waals surface area (Å²) in [4.78, 5) is 39.3.